The third kappa shape index (κ3) is 5.00. The highest BCUT2D eigenvalue weighted by Gasteiger charge is 2.04. The Labute approximate surface area is 124 Å². The molecule has 0 bridgehead atoms. The van der Waals surface area contributed by atoms with E-state index >= 15 is 0 Å². The topological polar surface area (TPSA) is 85.8 Å². The molecule has 0 fully saturated rings. The van der Waals surface area contributed by atoms with Crippen LogP contribution in [0, 0.1) is 6.92 Å². The molecule has 2 rings (SSSR count). The minimum Gasteiger partial charge on any atom is -0.330 e. The number of nitrogens with two attached hydrogens (primary N) is 1. The van der Waals surface area contributed by atoms with Gasteiger partial charge in [-0.15, -0.1) is 5.10 Å². The summed E-state index contributed by atoms with van der Waals surface area (Å²) in [5.41, 5.74) is 8.32. The van der Waals surface area contributed by atoms with Gasteiger partial charge in [-0.1, -0.05) is 17.3 Å². The molecular weight excluding hydrogens is 266 g/mol. The molecule has 21 heavy (non-hydrogen) atoms. The van der Waals surface area contributed by atoms with Gasteiger partial charge >= 0.3 is 0 Å². The van der Waals surface area contributed by atoms with E-state index < -0.39 is 0 Å². The smallest absolute Gasteiger partial charge is 0.224 e. The summed E-state index contributed by atoms with van der Waals surface area (Å²) in [6.45, 7) is 3.25. The summed E-state index contributed by atoms with van der Waals surface area (Å²) in [4.78, 5) is 11.8. The normalized spacial score (nSPS) is 10.6. The molecule has 2 aromatic rings. The van der Waals surface area contributed by atoms with E-state index in [1.165, 1.54) is 0 Å². The lowest BCUT2D eigenvalue weighted by atomic mass is 10.2. The van der Waals surface area contributed by atoms with Crippen molar-refractivity contribution >= 4 is 11.6 Å². The van der Waals surface area contributed by atoms with Crippen molar-refractivity contribution in [2.24, 2.45) is 5.73 Å². The molecule has 1 heterocycles. The van der Waals surface area contributed by atoms with Crippen molar-refractivity contribution in [3.8, 4) is 0 Å². The number of carbonyl (C=O) groups excluding carboxylic acids is 1. The number of nitrogens with one attached hydrogen (secondary N) is 1. The average Bonchev–Trinajstić information content (AvgIpc) is 2.87. The molecule has 0 spiro atoms. The maximum Gasteiger partial charge on any atom is 0.224 e. The quantitative estimate of drug-likeness (QED) is 0.808. The molecular formula is C15H21N5O. The summed E-state index contributed by atoms with van der Waals surface area (Å²) in [5, 5.41) is 10.9. The van der Waals surface area contributed by atoms with Gasteiger partial charge in [-0.3, -0.25) is 9.48 Å². The molecule has 1 aromatic carbocycles. The number of amides is 1. The Kier molecular flexibility index (Phi) is 5.45. The number of nitrogens with zero attached hydrogens (tertiary/aromatic N) is 3. The Hall–Kier alpha value is -2.21. The first-order chi connectivity index (χ1) is 10.2. The van der Waals surface area contributed by atoms with Gasteiger partial charge in [-0.25, -0.2) is 0 Å². The Morgan fingerprint density at radius 3 is 3.05 bits per heavy atom. The second-order valence-corrected chi connectivity index (χ2v) is 5.03. The Balaban J connectivity index is 1.73. The minimum atomic E-state index is 0.0166. The number of hydrogen-bond donors (Lipinski definition) is 2. The van der Waals surface area contributed by atoms with Gasteiger partial charge in [0.1, 0.15) is 0 Å². The third-order valence-electron chi connectivity index (χ3n) is 3.08. The van der Waals surface area contributed by atoms with Gasteiger partial charge in [0.05, 0.1) is 5.69 Å². The zero-order chi connectivity index (χ0) is 15.1. The van der Waals surface area contributed by atoms with Crippen LogP contribution >= 0.6 is 0 Å². The molecule has 0 atom stereocenters. The molecule has 6 nitrogen and oxygen atoms in total. The van der Waals surface area contributed by atoms with E-state index in [-0.39, 0.29) is 5.91 Å². The highest BCUT2D eigenvalue weighted by molar-refractivity contribution is 5.90. The molecule has 0 unspecified atom stereocenters. The molecule has 6 heteroatoms. The number of aromatic nitrogens is 3. The monoisotopic (exact) mass is 287 g/mol. The molecule has 0 aliphatic carbocycles. The average molecular weight is 287 g/mol. The second-order valence-electron chi connectivity index (χ2n) is 5.03. The number of benzene rings is 1. The van der Waals surface area contributed by atoms with E-state index in [9.17, 15) is 4.79 Å². The minimum absolute atomic E-state index is 0.0166. The van der Waals surface area contributed by atoms with Crippen LogP contribution < -0.4 is 11.1 Å². The predicted molar refractivity (Wildman–Crippen MR) is 81.8 cm³/mol. The SMILES string of the molecule is Cc1cccc(NC(=O)CCCn2cc(CCN)nn2)c1. The van der Waals surface area contributed by atoms with Crippen LogP contribution in [0.4, 0.5) is 5.69 Å². The standard InChI is InChI=1S/C15H21N5O/c1-12-4-2-5-13(10-12)17-15(21)6-3-9-20-11-14(7-8-16)18-19-20/h2,4-5,10-11H,3,6-9,16H2,1H3,(H,17,21). The van der Waals surface area contributed by atoms with E-state index in [0.717, 1.165) is 29.8 Å². The summed E-state index contributed by atoms with van der Waals surface area (Å²) in [7, 11) is 0. The summed E-state index contributed by atoms with van der Waals surface area (Å²) in [5.74, 6) is 0.0166. The van der Waals surface area contributed by atoms with E-state index in [2.05, 4.69) is 15.6 Å². The van der Waals surface area contributed by atoms with Crippen LogP contribution in [0.3, 0.4) is 0 Å². The van der Waals surface area contributed by atoms with Crippen LogP contribution in [0.1, 0.15) is 24.1 Å². The second kappa shape index (κ2) is 7.54. The van der Waals surface area contributed by atoms with Crippen LogP contribution in [0.5, 0.6) is 0 Å². The van der Waals surface area contributed by atoms with Crippen LogP contribution in [0.15, 0.2) is 30.5 Å². The third-order valence-corrected chi connectivity index (χ3v) is 3.08. The van der Waals surface area contributed by atoms with E-state index in [4.69, 9.17) is 5.73 Å². The first-order valence-corrected chi connectivity index (χ1v) is 7.13. The van der Waals surface area contributed by atoms with Crippen molar-refractivity contribution in [1.82, 2.24) is 15.0 Å². The fourth-order valence-corrected chi connectivity index (χ4v) is 2.06. The first-order valence-electron chi connectivity index (χ1n) is 7.13. The lowest BCUT2D eigenvalue weighted by molar-refractivity contribution is -0.116. The van der Waals surface area contributed by atoms with Gasteiger partial charge in [0.2, 0.25) is 5.91 Å². The molecule has 0 saturated heterocycles. The summed E-state index contributed by atoms with van der Waals surface area (Å²) in [6.07, 6.45) is 3.79. The van der Waals surface area contributed by atoms with E-state index in [1.54, 1.807) is 4.68 Å². The molecule has 112 valence electrons. The summed E-state index contributed by atoms with van der Waals surface area (Å²) < 4.78 is 1.75. The van der Waals surface area contributed by atoms with Gasteiger partial charge in [0.15, 0.2) is 0 Å². The summed E-state index contributed by atoms with van der Waals surface area (Å²) >= 11 is 0. The summed E-state index contributed by atoms with van der Waals surface area (Å²) in [6, 6.07) is 7.77. The molecule has 0 aliphatic rings. The van der Waals surface area contributed by atoms with E-state index in [1.807, 2.05) is 37.4 Å². The van der Waals surface area contributed by atoms with E-state index in [0.29, 0.717) is 19.5 Å². The van der Waals surface area contributed by atoms with Crippen LogP contribution in [-0.2, 0) is 17.8 Å². The van der Waals surface area contributed by atoms with Crippen LogP contribution in [0.2, 0.25) is 0 Å². The number of rotatable bonds is 7. The van der Waals surface area contributed by atoms with Gasteiger partial charge in [-0.05, 0) is 37.6 Å². The van der Waals surface area contributed by atoms with Crippen molar-refractivity contribution in [2.45, 2.75) is 32.7 Å². The highest BCUT2D eigenvalue weighted by atomic mass is 16.1. The number of hydrogen-bond acceptors (Lipinski definition) is 4. The Bertz CT molecular complexity index is 593. The van der Waals surface area contributed by atoms with Crippen LogP contribution in [-0.4, -0.2) is 27.4 Å². The van der Waals surface area contributed by atoms with Crippen molar-refractivity contribution < 1.29 is 4.79 Å². The zero-order valence-corrected chi connectivity index (χ0v) is 12.2. The predicted octanol–water partition coefficient (Wildman–Crippen LogP) is 1.51. The van der Waals surface area contributed by atoms with Crippen molar-refractivity contribution in [3.05, 3.63) is 41.7 Å². The molecule has 0 saturated carbocycles. The number of carbonyl (C=O) groups is 1. The maximum atomic E-state index is 11.8. The molecule has 0 radical (unpaired) electrons. The fraction of sp³-hybridized carbons (Fsp3) is 0.400. The maximum absolute atomic E-state index is 11.8. The van der Waals surface area contributed by atoms with Crippen molar-refractivity contribution in [2.75, 3.05) is 11.9 Å². The lowest BCUT2D eigenvalue weighted by Gasteiger charge is -2.05. The molecule has 0 aliphatic heterocycles. The Morgan fingerprint density at radius 1 is 1.43 bits per heavy atom. The Morgan fingerprint density at radius 2 is 2.29 bits per heavy atom. The van der Waals surface area contributed by atoms with Crippen molar-refractivity contribution in [1.29, 1.82) is 0 Å². The van der Waals surface area contributed by atoms with Gasteiger partial charge in [0.25, 0.3) is 0 Å². The van der Waals surface area contributed by atoms with Gasteiger partial charge < -0.3 is 11.1 Å². The highest BCUT2D eigenvalue weighted by Crippen LogP contribution is 2.10. The molecule has 3 N–H and O–H groups in total. The van der Waals surface area contributed by atoms with Gasteiger partial charge in [-0.2, -0.15) is 0 Å². The van der Waals surface area contributed by atoms with Crippen LogP contribution in [0.25, 0.3) is 0 Å². The first kappa shape index (κ1) is 15.2. The van der Waals surface area contributed by atoms with Gasteiger partial charge in [0, 0.05) is 31.3 Å². The zero-order valence-electron chi connectivity index (χ0n) is 12.2. The lowest BCUT2D eigenvalue weighted by Crippen LogP contribution is -2.12. The largest absolute Gasteiger partial charge is 0.330 e. The number of aryl methyl sites for hydroxylation is 2. The fourth-order valence-electron chi connectivity index (χ4n) is 2.06. The molecule has 1 amide bonds. The van der Waals surface area contributed by atoms with Crippen molar-refractivity contribution in [3.63, 3.8) is 0 Å². The molecule has 1 aromatic heterocycles. The number of anilines is 1.